The number of pyridine rings is 1. The van der Waals surface area contributed by atoms with E-state index in [-0.39, 0.29) is 11.1 Å². The standard InChI is InChI=1S/C17H11I2NO4/c1-24-13-5-3-2-4-8(13)14-15(17(22)23)9-6-10(18)11(19)7-12(9)20-16(14)21/h2-7H,1H3,(H,20,21)(H,22,23). The third-order valence-corrected chi connectivity index (χ3v) is 6.46. The Balaban J connectivity index is 2.51. The average molecular weight is 547 g/mol. The van der Waals surface area contributed by atoms with Crippen LogP contribution in [0.1, 0.15) is 10.4 Å². The van der Waals surface area contributed by atoms with Gasteiger partial charge in [0.25, 0.3) is 5.56 Å². The summed E-state index contributed by atoms with van der Waals surface area (Å²) in [7, 11) is 1.49. The molecule has 24 heavy (non-hydrogen) atoms. The zero-order chi connectivity index (χ0) is 17.4. The molecule has 0 aliphatic rings. The van der Waals surface area contributed by atoms with E-state index in [1.54, 1.807) is 36.4 Å². The molecular weight excluding hydrogens is 536 g/mol. The summed E-state index contributed by atoms with van der Waals surface area (Å²) in [6.45, 7) is 0. The van der Waals surface area contributed by atoms with Crippen molar-refractivity contribution in [2.24, 2.45) is 0 Å². The number of methoxy groups -OCH3 is 1. The van der Waals surface area contributed by atoms with Gasteiger partial charge < -0.3 is 14.8 Å². The van der Waals surface area contributed by atoms with Crippen LogP contribution in [0.4, 0.5) is 0 Å². The Morgan fingerprint density at radius 2 is 1.83 bits per heavy atom. The predicted octanol–water partition coefficient (Wildman–Crippen LogP) is 4.11. The second kappa shape index (κ2) is 6.71. The van der Waals surface area contributed by atoms with Gasteiger partial charge in [0.15, 0.2) is 0 Å². The number of fused-ring (bicyclic) bond motifs is 1. The first-order valence-electron chi connectivity index (χ1n) is 6.85. The number of aromatic carboxylic acids is 1. The van der Waals surface area contributed by atoms with Crippen molar-refractivity contribution in [3.63, 3.8) is 0 Å². The SMILES string of the molecule is COc1ccccc1-c1c(C(=O)O)c2cc(I)c(I)cc2[nH]c1=O. The van der Waals surface area contributed by atoms with Crippen LogP contribution < -0.4 is 10.3 Å². The fourth-order valence-electron chi connectivity index (χ4n) is 2.62. The number of para-hydroxylation sites is 1. The third-order valence-electron chi connectivity index (χ3n) is 3.65. The lowest BCUT2D eigenvalue weighted by molar-refractivity contribution is 0.0699. The highest BCUT2D eigenvalue weighted by Gasteiger charge is 2.22. The summed E-state index contributed by atoms with van der Waals surface area (Å²) in [5.74, 6) is -0.700. The minimum absolute atomic E-state index is 0.0208. The van der Waals surface area contributed by atoms with Crippen molar-refractivity contribution >= 4 is 62.1 Å². The molecule has 2 aromatic carbocycles. The molecule has 3 rings (SSSR count). The van der Waals surface area contributed by atoms with E-state index in [0.717, 1.165) is 7.14 Å². The molecule has 7 heteroatoms. The lowest BCUT2D eigenvalue weighted by Crippen LogP contribution is -2.16. The van der Waals surface area contributed by atoms with Crippen molar-refractivity contribution in [1.29, 1.82) is 0 Å². The first-order chi connectivity index (χ1) is 11.4. The van der Waals surface area contributed by atoms with E-state index in [4.69, 9.17) is 4.74 Å². The molecule has 0 aliphatic heterocycles. The second-order valence-electron chi connectivity index (χ2n) is 5.02. The number of aromatic nitrogens is 1. The highest BCUT2D eigenvalue weighted by atomic mass is 127. The van der Waals surface area contributed by atoms with Crippen LogP contribution in [0, 0.1) is 7.14 Å². The smallest absolute Gasteiger partial charge is 0.337 e. The molecule has 0 bridgehead atoms. The Bertz CT molecular complexity index is 1030. The van der Waals surface area contributed by atoms with Crippen LogP contribution in [0.15, 0.2) is 41.2 Å². The molecule has 0 amide bonds. The van der Waals surface area contributed by atoms with E-state index < -0.39 is 11.5 Å². The molecule has 5 nitrogen and oxygen atoms in total. The molecule has 2 N–H and O–H groups in total. The largest absolute Gasteiger partial charge is 0.496 e. The molecule has 0 unspecified atom stereocenters. The van der Waals surface area contributed by atoms with Gasteiger partial charge in [-0.2, -0.15) is 0 Å². The Morgan fingerprint density at radius 3 is 2.50 bits per heavy atom. The van der Waals surface area contributed by atoms with Gasteiger partial charge in [-0.05, 0) is 63.4 Å². The number of H-pyrrole nitrogens is 1. The fourth-order valence-corrected chi connectivity index (χ4v) is 3.55. The van der Waals surface area contributed by atoms with Crippen molar-refractivity contribution in [2.75, 3.05) is 7.11 Å². The summed E-state index contributed by atoms with van der Waals surface area (Å²) in [4.78, 5) is 27.4. The van der Waals surface area contributed by atoms with Crippen LogP contribution >= 0.6 is 45.2 Å². The molecular formula is C17H11I2NO4. The molecule has 3 aromatic rings. The van der Waals surface area contributed by atoms with Crippen LogP contribution in [-0.4, -0.2) is 23.2 Å². The number of nitrogens with one attached hydrogen (secondary N) is 1. The monoisotopic (exact) mass is 547 g/mol. The zero-order valence-corrected chi connectivity index (χ0v) is 16.7. The molecule has 0 saturated carbocycles. The van der Waals surface area contributed by atoms with Crippen LogP contribution in [0.25, 0.3) is 22.0 Å². The maximum Gasteiger partial charge on any atom is 0.337 e. The Morgan fingerprint density at radius 1 is 1.17 bits per heavy atom. The number of rotatable bonds is 3. The molecule has 0 atom stereocenters. The maximum atomic E-state index is 12.6. The number of benzene rings is 2. The van der Waals surface area contributed by atoms with Crippen molar-refractivity contribution < 1.29 is 14.6 Å². The number of hydrogen-bond acceptors (Lipinski definition) is 3. The minimum atomic E-state index is -1.15. The van der Waals surface area contributed by atoms with E-state index >= 15 is 0 Å². The Kier molecular flexibility index (Phi) is 4.81. The van der Waals surface area contributed by atoms with Gasteiger partial charge in [0.05, 0.1) is 23.8 Å². The second-order valence-corrected chi connectivity index (χ2v) is 7.35. The van der Waals surface area contributed by atoms with E-state index in [0.29, 0.717) is 22.2 Å². The highest BCUT2D eigenvalue weighted by molar-refractivity contribution is 14.1. The number of halogens is 2. The summed E-state index contributed by atoms with van der Waals surface area (Å²) in [6.07, 6.45) is 0. The number of carboxylic acids is 1. The normalized spacial score (nSPS) is 10.8. The quantitative estimate of drug-likeness (QED) is 0.485. The Hall–Kier alpha value is -1.62. The molecule has 0 spiro atoms. The summed E-state index contributed by atoms with van der Waals surface area (Å²) in [5.41, 5.74) is 0.577. The van der Waals surface area contributed by atoms with Crippen LogP contribution in [0.3, 0.4) is 0 Å². The first-order valence-corrected chi connectivity index (χ1v) is 9.01. The molecule has 1 heterocycles. The number of aromatic amines is 1. The topological polar surface area (TPSA) is 79.4 Å². The van der Waals surface area contributed by atoms with Gasteiger partial charge in [-0.15, -0.1) is 0 Å². The maximum absolute atomic E-state index is 12.6. The van der Waals surface area contributed by atoms with Gasteiger partial charge in [0.1, 0.15) is 5.75 Å². The van der Waals surface area contributed by atoms with Crippen molar-refractivity contribution in [3.05, 3.63) is 59.5 Å². The number of carboxylic acid groups (broad SMARTS) is 1. The van der Waals surface area contributed by atoms with E-state index in [2.05, 4.69) is 50.2 Å². The molecule has 0 saturated heterocycles. The van der Waals surface area contributed by atoms with Gasteiger partial charge in [-0.3, -0.25) is 4.79 Å². The van der Waals surface area contributed by atoms with Crippen LogP contribution in [-0.2, 0) is 0 Å². The predicted molar refractivity (Wildman–Crippen MR) is 109 cm³/mol. The molecule has 122 valence electrons. The minimum Gasteiger partial charge on any atom is -0.496 e. The summed E-state index contributed by atoms with van der Waals surface area (Å²) >= 11 is 4.29. The van der Waals surface area contributed by atoms with Gasteiger partial charge in [0.2, 0.25) is 0 Å². The zero-order valence-electron chi connectivity index (χ0n) is 12.4. The summed E-state index contributed by atoms with van der Waals surface area (Å²) < 4.78 is 7.16. The van der Waals surface area contributed by atoms with E-state index in [1.807, 2.05) is 0 Å². The average Bonchev–Trinajstić information content (AvgIpc) is 2.55. The molecule has 0 radical (unpaired) electrons. The van der Waals surface area contributed by atoms with Gasteiger partial charge >= 0.3 is 5.97 Å². The highest BCUT2D eigenvalue weighted by Crippen LogP contribution is 2.33. The summed E-state index contributed by atoms with van der Waals surface area (Å²) in [5, 5.41) is 10.3. The lowest BCUT2D eigenvalue weighted by Gasteiger charge is -2.13. The number of ether oxygens (including phenoxy) is 1. The van der Waals surface area contributed by atoms with Crippen LogP contribution in [0.2, 0.25) is 0 Å². The number of hydrogen-bond donors (Lipinski definition) is 2. The fraction of sp³-hybridized carbons (Fsp3) is 0.0588. The Labute approximate surface area is 164 Å². The lowest BCUT2D eigenvalue weighted by atomic mass is 9.97. The van der Waals surface area contributed by atoms with Crippen molar-refractivity contribution in [1.82, 2.24) is 4.98 Å². The van der Waals surface area contributed by atoms with Gasteiger partial charge in [-0.1, -0.05) is 18.2 Å². The molecule has 1 aromatic heterocycles. The third kappa shape index (κ3) is 2.90. The van der Waals surface area contributed by atoms with Crippen LogP contribution in [0.5, 0.6) is 5.75 Å². The number of carbonyl (C=O) groups is 1. The van der Waals surface area contributed by atoms with Gasteiger partial charge in [-0.25, -0.2) is 4.79 Å². The van der Waals surface area contributed by atoms with E-state index in [1.165, 1.54) is 7.11 Å². The molecule has 0 fully saturated rings. The molecule has 0 aliphatic carbocycles. The summed E-state index contributed by atoms with van der Waals surface area (Å²) in [6, 6.07) is 10.4. The van der Waals surface area contributed by atoms with Crippen molar-refractivity contribution in [2.45, 2.75) is 0 Å². The van der Waals surface area contributed by atoms with Gasteiger partial charge in [0, 0.05) is 18.1 Å². The first kappa shape index (κ1) is 17.2. The van der Waals surface area contributed by atoms with Crippen molar-refractivity contribution in [3.8, 4) is 16.9 Å². The van der Waals surface area contributed by atoms with E-state index in [9.17, 15) is 14.7 Å².